The molecule has 2 heterocycles. The summed E-state index contributed by atoms with van der Waals surface area (Å²) in [6.45, 7) is 4.05. The number of nitrogens with one attached hydrogen (secondary N) is 2. The molecule has 140 valence electrons. The standard InChI is InChI=1S/C21H20N6O/c1-3-18-22-11-10-19(24-18)28-17-9-5-7-15(13-17)20-25-21(27-26-20)23-16-8-4-6-14(2)12-16/h4-13H,3H2,1-2H3,(H2,23,25,26,27). The Balaban J connectivity index is 1.52. The highest BCUT2D eigenvalue weighted by Crippen LogP contribution is 2.25. The highest BCUT2D eigenvalue weighted by molar-refractivity contribution is 5.61. The highest BCUT2D eigenvalue weighted by Gasteiger charge is 2.08. The minimum Gasteiger partial charge on any atom is -0.439 e. The normalized spacial score (nSPS) is 10.6. The first kappa shape index (κ1) is 17.7. The first-order valence-electron chi connectivity index (χ1n) is 9.06. The molecule has 0 bridgehead atoms. The van der Waals surface area contributed by atoms with Crippen molar-refractivity contribution in [3.63, 3.8) is 0 Å². The zero-order valence-electron chi connectivity index (χ0n) is 15.7. The van der Waals surface area contributed by atoms with Crippen LogP contribution in [0, 0.1) is 6.92 Å². The number of aromatic nitrogens is 5. The van der Waals surface area contributed by atoms with Crippen molar-refractivity contribution in [3.05, 3.63) is 72.2 Å². The molecular formula is C21H20N6O. The Labute approximate surface area is 162 Å². The molecule has 0 aliphatic rings. The maximum absolute atomic E-state index is 5.87. The molecule has 2 N–H and O–H groups in total. The van der Waals surface area contributed by atoms with Crippen molar-refractivity contribution >= 4 is 11.6 Å². The van der Waals surface area contributed by atoms with E-state index in [1.165, 1.54) is 5.56 Å². The second kappa shape index (κ2) is 7.87. The topological polar surface area (TPSA) is 88.6 Å². The van der Waals surface area contributed by atoms with E-state index in [1.54, 1.807) is 12.3 Å². The lowest BCUT2D eigenvalue weighted by molar-refractivity contribution is 0.459. The zero-order valence-corrected chi connectivity index (χ0v) is 15.7. The van der Waals surface area contributed by atoms with Gasteiger partial charge in [0.1, 0.15) is 11.6 Å². The average Bonchev–Trinajstić information content (AvgIpc) is 3.17. The van der Waals surface area contributed by atoms with Crippen molar-refractivity contribution < 1.29 is 4.74 Å². The number of aryl methyl sites for hydroxylation is 2. The summed E-state index contributed by atoms with van der Waals surface area (Å²) in [5.41, 5.74) is 2.98. The molecule has 0 unspecified atom stereocenters. The number of hydrogen-bond donors (Lipinski definition) is 2. The van der Waals surface area contributed by atoms with E-state index in [1.807, 2.05) is 62.4 Å². The number of aromatic amines is 1. The Morgan fingerprint density at radius 1 is 1.04 bits per heavy atom. The van der Waals surface area contributed by atoms with E-state index >= 15 is 0 Å². The van der Waals surface area contributed by atoms with E-state index in [0.29, 0.717) is 23.4 Å². The fourth-order valence-electron chi connectivity index (χ4n) is 2.73. The van der Waals surface area contributed by atoms with Crippen LogP contribution in [0.4, 0.5) is 11.6 Å². The molecule has 0 saturated heterocycles. The van der Waals surface area contributed by atoms with Crippen molar-refractivity contribution in [2.45, 2.75) is 20.3 Å². The maximum Gasteiger partial charge on any atom is 0.246 e. The Morgan fingerprint density at radius 2 is 1.93 bits per heavy atom. The van der Waals surface area contributed by atoms with Gasteiger partial charge in [0, 0.05) is 29.9 Å². The summed E-state index contributed by atoms with van der Waals surface area (Å²) in [5, 5.41) is 10.4. The summed E-state index contributed by atoms with van der Waals surface area (Å²) in [6.07, 6.45) is 2.46. The molecule has 0 amide bonds. The van der Waals surface area contributed by atoms with Crippen molar-refractivity contribution in [3.8, 4) is 23.0 Å². The van der Waals surface area contributed by atoms with Crippen molar-refractivity contribution in [2.24, 2.45) is 0 Å². The van der Waals surface area contributed by atoms with Gasteiger partial charge >= 0.3 is 0 Å². The fraction of sp³-hybridized carbons (Fsp3) is 0.143. The third-order valence-corrected chi connectivity index (χ3v) is 4.09. The van der Waals surface area contributed by atoms with E-state index < -0.39 is 0 Å². The van der Waals surface area contributed by atoms with E-state index in [0.717, 1.165) is 23.5 Å². The van der Waals surface area contributed by atoms with E-state index in [2.05, 4.69) is 30.5 Å². The van der Waals surface area contributed by atoms with Crippen LogP contribution < -0.4 is 10.1 Å². The number of benzene rings is 2. The molecule has 7 heteroatoms. The van der Waals surface area contributed by atoms with Gasteiger partial charge in [0.2, 0.25) is 11.8 Å². The molecule has 7 nitrogen and oxygen atoms in total. The molecule has 0 aliphatic heterocycles. The summed E-state index contributed by atoms with van der Waals surface area (Å²) >= 11 is 0. The van der Waals surface area contributed by atoms with Gasteiger partial charge in [-0.25, -0.2) is 4.98 Å². The molecule has 2 aromatic carbocycles. The molecule has 0 radical (unpaired) electrons. The molecule has 0 spiro atoms. The number of hydrogen-bond acceptors (Lipinski definition) is 6. The Hall–Kier alpha value is -3.74. The van der Waals surface area contributed by atoms with Crippen LogP contribution in [0.25, 0.3) is 11.4 Å². The lowest BCUT2D eigenvalue weighted by Gasteiger charge is -2.06. The molecule has 0 fully saturated rings. The predicted molar refractivity (Wildman–Crippen MR) is 108 cm³/mol. The molecular weight excluding hydrogens is 352 g/mol. The number of nitrogens with zero attached hydrogens (tertiary/aromatic N) is 4. The Bertz CT molecular complexity index is 1090. The number of rotatable bonds is 6. The van der Waals surface area contributed by atoms with E-state index in [-0.39, 0.29) is 0 Å². The van der Waals surface area contributed by atoms with Gasteiger partial charge in [0.05, 0.1) is 0 Å². The van der Waals surface area contributed by atoms with Crippen molar-refractivity contribution in [1.29, 1.82) is 0 Å². The largest absolute Gasteiger partial charge is 0.439 e. The van der Waals surface area contributed by atoms with E-state index in [9.17, 15) is 0 Å². The molecule has 0 saturated carbocycles. The highest BCUT2D eigenvalue weighted by atomic mass is 16.5. The summed E-state index contributed by atoms with van der Waals surface area (Å²) in [7, 11) is 0. The molecule has 4 aromatic rings. The van der Waals surface area contributed by atoms with Gasteiger partial charge in [0.25, 0.3) is 0 Å². The minimum atomic E-state index is 0.510. The maximum atomic E-state index is 5.87. The Morgan fingerprint density at radius 3 is 2.79 bits per heavy atom. The van der Waals surface area contributed by atoms with E-state index in [4.69, 9.17) is 4.74 Å². The summed E-state index contributed by atoms with van der Waals surface area (Å²) < 4.78 is 5.87. The first-order valence-corrected chi connectivity index (χ1v) is 9.06. The summed E-state index contributed by atoms with van der Waals surface area (Å²) in [4.78, 5) is 13.1. The average molecular weight is 372 g/mol. The summed E-state index contributed by atoms with van der Waals surface area (Å²) in [5.74, 6) is 3.09. The monoisotopic (exact) mass is 372 g/mol. The van der Waals surface area contributed by atoms with Crippen LogP contribution in [0.1, 0.15) is 18.3 Å². The van der Waals surface area contributed by atoms with Crippen LogP contribution >= 0.6 is 0 Å². The fourth-order valence-corrected chi connectivity index (χ4v) is 2.73. The van der Waals surface area contributed by atoms with Crippen LogP contribution in [0.3, 0.4) is 0 Å². The molecule has 4 rings (SSSR count). The molecule has 28 heavy (non-hydrogen) atoms. The Kier molecular flexibility index (Phi) is 4.97. The predicted octanol–water partition coefficient (Wildman–Crippen LogP) is 4.67. The van der Waals surface area contributed by atoms with Gasteiger partial charge in [-0.05, 0) is 36.8 Å². The molecule has 2 aromatic heterocycles. The summed E-state index contributed by atoms with van der Waals surface area (Å²) in [6, 6.07) is 17.4. The smallest absolute Gasteiger partial charge is 0.246 e. The molecule has 0 aliphatic carbocycles. The quantitative estimate of drug-likeness (QED) is 0.511. The van der Waals surface area contributed by atoms with Gasteiger partial charge < -0.3 is 10.1 Å². The first-order chi connectivity index (χ1) is 13.7. The molecule has 0 atom stereocenters. The van der Waals surface area contributed by atoms with Crippen molar-refractivity contribution in [2.75, 3.05) is 5.32 Å². The van der Waals surface area contributed by atoms with Crippen molar-refractivity contribution in [1.82, 2.24) is 25.1 Å². The number of H-pyrrole nitrogens is 1. The van der Waals surface area contributed by atoms with Gasteiger partial charge in [-0.15, -0.1) is 5.10 Å². The van der Waals surface area contributed by atoms with Gasteiger partial charge in [-0.2, -0.15) is 9.97 Å². The number of ether oxygens (including phenoxy) is 1. The van der Waals surface area contributed by atoms with Gasteiger partial charge in [-0.3, -0.25) is 5.10 Å². The van der Waals surface area contributed by atoms with Crippen LogP contribution in [0.5, 0.6) is 11.6 Å². The van der Waals surface area contributed by atoms with Gasteiger partial charge in [-0.1, -0.05) is 31.2 Å². The SMILES string of the molecule is CCc1nccc(Oc2cccc(-c3nc(Nc4cccc(C)c4)n[nH]3)c2)n1. The minimum absolute atomic E-state index is 0.510. The van der Waals surface area contributed by atoms with Gasteiger partial charge in [0.15, 0.2) is 5.82 Å². The lowest BCUT2D eigenvalue weighted by Crippen LogP contribution is -1.95. The van der Waals surface area contributed by atoms with Crippen LogP contribution in [-0.2, 0) is 6.42 Å². The second-order valence-electron chi connectivity index (χ2n) is 6.30. The van der Waals surface area contributed by atoms with Crippen LogP contribution in [-0.4, -0.2) is 25.1 Å². The zero-order chi connectivity index (χ0) is 19.3. The lowest BCUT2D eigenvalue weighted by atomic mass is 10.2. The third-order valence-electron chi connectivity index (χ3n) is 4.09. The van der Waals surface area contributed by atoms with Crippen LogP contribution in [0.2, 0.25) is 0 Å². The third kappa shape index (κ3) is 4.15. The second-order valence-corrected chi connectivity index (χ2v) is 6.30. The van der Waals surface area contributed by atoms with Crippen LogP contribution in [0.15, 0.2) is 60.8 Å². The number of anilines is 2.